The Hall–Kier alpha value is -2.71. The summed E-state index contributed by atoms with van der Waals surface area (Å²) >= 11 is 5.83. The van der Waals surface area contributed by atoms with Gasteiger partial charge in [-0.2, -0.15) is 0 Å². The molecule has 3 aromatic rings. The van der Waals surface area contributed by atoms with Crippen LogP contribution in [-0.2, 0) is 10.0 Å². The number of nitro groups is 1. The number of sulfonamides is 1. The van der Waals surface area contributed by atoms with Crippen molar-refractivity contribution in [2.45, 2.75) is 4.90 Å². The van der Waals surface area contributed by atoms with E-state index in [0.717, 1.165) is 0 Å². The fourth-order valence-corrected chi connectivity index (χ4v) is 3.64. The molecule has 0 saturated carbocycles. The van der Waals surface area contributed by atoms with E-state index in [4.69, 9.17) is 11.6 Å². The zero-order valence-electron chi connectivity index (χ0n) is 12.0. The number of nitrogens with one attached hydrogen (secondary N) is 1. The monoisotopic (exact) mass is 363 g/mol. The van der Waals surface area contributed by atoms with Gasteiger partial charge in [-0.1, -0.05) is 17.7 Å². The molecule has 0 fully saturated rings. The van der Waals surface area contributed by atoms with Crippen molar-refractivity contribution in [1.29, 1.82) is 0 Å². The Morgan fingerprint density at radius 2 is 1.92 bits per heavy atom. The Morgan fingerprint density at radius 1 is 1.12 bits per heavy atom. The van der Waals surface area contributed by atoms with E-state index in [-0.39, 0.29) is 26.7 Å². The van der Waals surface area contributed by atoms with Gasteiger partial charge in [0.25, 0.3) is 15.7 Å². The average Bonchev–Trinajstić information content (AvgIpc) is 2.54. The van der Waals surface area contributed by atoms with Crippen LogP contribution in [0.3, 0.4) is 0 Å². The van der Waals surface area contributed by atoms with Crippen molar-refractivity contribution in [1.82, 2.24) is 4.98 Å². The first kappa shape index (κ1) is 16.2. The van der Waals surface area contributed by atoms with Crippen LogP contribution < -0.4 is 4.72 Å². The van der Waals surface area contributed by atoms with Gasteiger partial charge in [0.2, 0.25) is 0 Å². The summed E-state index contributed by atoms with van der Waals surface area (Å²) in [4.78, 5) is 14.4. The van der Waals surface area contributed by atoms with Crippen LogP contribution >= 0.6 is 11.6 Å². The minimum absolute atomic E-state index is 0.00411. The number of hydrogen-bond acceptors (Lipinski definition) is 5. The van der Waals surface area contributed by atoms with Gasteiger partial charge in [-0.25, -0.2) is 8.42 Å². The van der Waals surface area contributed by atoms with Crippen molar-refractivity contribution in [3.8, 4) is 0 Å². The first-order valence-corrected chi connectivity index (χ1v) is 8.54. The fraction of sp³-hybridized carbons (Fsp3) is 0. The van der Waals surface area contributed by atoms with E-state index in [1.54, 1.807) is 6.07 Å². The van der Waals surface area contributed by atoms with Gasteiger partial charge in [-0.05, 0) is 30.3 Å². The normalized spacial score (nSPS) is 11.4. The molecule has 1 aromatic heterocycles. The molecule has 0 aliphatic heterocycles. The molecule has 24 heavy (non-hydrogen) atoms. The zero-order chi connectivity index (χ0) is 17.3. The van der Waals surface area contributed by atoms with Gasteiger partial charge in [0.05, 0.1) is 20.9 Å². The lowest BCUT2D eigenvalue weighted by Crippen LogP contribution is -2.13. The molecule has 0 amide bonds. The van der Waals surface area contributed by atoms with Crippen molar-refractivity contribution in [2.24, 2.45) is 0 Å². The highest BCUT2D eigenvalue weighted by Gasteiger charge is 2.19. The van der Waals surface area contributed by atoms with Crippen molar-refractivity contribution in [3.05, 3.63) is 70.0 Å². The van der Waals surface area contributed by atoms with E-state index in [2.05, 4.69) is 9.71 Å². The third-order valence-electron chi connectivity index (χ3n) is 3.34. The smallest absolute Gasteiger partial charge is 0.278 e. The number of pyridine rings is 1. The van der Waals surface area contributed by atoms with Crippen molar-refractivity contribution >= 4 is 43.8 Å². The Morgan fingerprint density at radius 3 is 2.62 bits per heavy atom. The van der Waals surface area contributed by atoms with Gasteiger partial charge < -0.3 is 0 Å². The van der Waals surface area contributed by atoms with Crippen LogP contribution in [-0.4, -0.2) is 18.3 Å². The van der Waals surface area contributed by atoms with Crippen LogP contribution in [0.5, 0.6) is 0 Å². The number of nitro benzene ring substituents is 1. The topological polar surface area (TPSA) is 102 Å². The van der Waals surface area contributed by atoms with Gasteiger partial charge in [-0.3, -0.25) is 19.8 Å². The largest absolute Gasteiger partial charge is 0.279 e. The zero-order valence-corrected chi connectivity index (χ0v) is 13.6. The van der Waals surface area contributed by atoms with Crippen LogP contribution in [0.2, 0.25) is 5.02 Å². The van der Waals surface area contributed by atoms with E-state index in [0.29, 0.717) is 5.39 Å². The maximum atomic E-state index is 12.5. The average molecular weight is 364 g/mol. The quantitative estimate of drug-likeness (QED) is 0.563. The summed E-state index contributed by atoms with van der Waals surface area (Å²) in [6.07, 6.45) is 2.76. The minimum Gasteiger partial charge on any atom is -0.279 e. The molecule has 1 heterocycles. The Bertz CT molecular complexity index is 1050. The van der Waals surface area contributed by atoms with Crippen molar-refractivity contribution < 1.29 is 13.3 Å². The molecule has 0 radical (unpaired) electrons. The molecule has 0 saturated heterocycles. The predicted octanol–water partition coefficient (Wildman–Crippen LogP) is 3.60. The Kier molecular flexibility index (Phi) is 4.08. The van der Waals surface area contributed by atoms with Gasteiger partial charge in [-0.15, -0.1) is 0 Å². The number of aromatic nitrogens is 1. The number of anilines is 1. The fourth-order valence-electron chi connectivity index (χ4n) is 2.26. The molecule has 0 aliphatic carbocycles. The lowest BCUT2D eigenvalue weighted by molar-refractivity contribution is -0.383. The molecular weight excluding hydrogens is 354 g/mol. The number of rotatable bonds is 4. The molecule has 0 spiro atoms. The van der Waals surface area contributed by atoms with Gasteiger partial charge in [0.15, 0.2) is 0 Å². The van der Waals surface area contributed by atoms with Crippen LogP contribution in [0.1, 0.15) is 0 Å². The van der Waals surface area contributed by atoms with Crippen molar-refractivity contribution in [2.75, 3.05) is 4.72 Å². The molecule has 0 bridgehead atoms. The van der Waals surface area contributed by atoms with Crippen LogP contribution in [0.15, 0.2) is 59.8 Å². The molecule has 1 N–H and O–H groups in total. The molecule has 122 valence electrons. The van der Waals surface area contributed by atoms with Crippen LogP contribution in [0.4, 0.5) is 11.4 Å². The summed E-state index contributed by atoms with van der Waals surface area (Å²) in [7, 11) is -3.89. The second kappa shape index (κ2) is 6.06. The lowest BCUT2D eigenvalue weighted by atomic mass is 10.1. The summed E-state index contributed by atoms with van der Waals surface area (Å²) in [6, 6.07) is 9.91. The summed E-state index contributed by atoms with van der Waals surface area (Å²) in [5.74, 6) is 0. The number of nitrogens with zero attached hydrogens (tertiary/aromatic N) is 2. The third kappa shape index (κ3) is 3.01. The molecule has 2 aromatic carbocycles. The highest BCUT2D eigenvalue weighted by Crippen LogP contribution is 2.32. The Labute approximate surface area is 142 Å². The minimum atomic E-state index is -3.89. The number of hydrogen-bond donors (Lipinski definition) is 1. The van der Waals surface area contributed by atoms with Gasteiger partial charge in [0, 0.05) is 28.9 Å². The summed E-state index contributed by atoms with van der Waals surface area (Å²) < 4.78 is 27.4. The molecule has 3 rings (SSSR count). The lowest BCUT2D eigenvalue weighted by Gasteiger charge is -2.11. The van der Waals surface area contributed by atoms with Crippen LogP contribution in [0, 0.1) is 10.1 Å². The molecule has 0 aliphatic rings. The molecule has 0 unspecified atom stereocenters. The molecular formula is C15H10ClN3O4S. The number of fused-ring (bicyclic) bond motifs is 1. The van der Waals surface area contributed by atoms with E-state index in [9.17, 15) is 18.5 Å². The molecule has 7 nitrogen and oxygen atoms in total. The first-order valence-electron chi connectivity index (χ1n) is 6.68. The summed E-state index contributed by atoms with van der Waals surface area (Å²) in [5.41, 5.74) is 0.0711. The summed E-state index contributed by atoms with van der Waals surface area (Å²) in [6.45, 7) is 0. The van der Waals surface area contributed by atoms with Gasteiger partial charge >= 0.3 is 0 Å². The van der Waals surface area contributed by atoms with Gasteiger partial charge in [0.1, 0.15) is 0 Å². The predicted molar refractivity (Wildman–Crippen MR) is 90.7 cm³/mol. The first-order chi connectivity index (χ1) is 11.4. The maximum Gasteiger partial charge on any atom is 0.278 e. The second-order valence-corrected chi connectivity index (χ2v) is 6.99. The highest BCUT2D eigenvalue weighted by atomic mass is 35.5. The third-order valence-corrected chi connectivity index (χ3v) is 4.94. The van der Waals surface area contributed by atoms with E-state index < -0.39 is 14.9 Å². The second-order valence-electron chi connectivity index (χ2n) is 4.87. The van der Waals surface area contributed by atoms with Crippen molar-refractivity contribution in [3.63, 3.8) is 0 Å². The number of benzene rings is 2. The standard InChI is InChI=1S/C15H10ClN3O4S/c16-10-2-1-3-11(8-10)24(22,23)18-14-4-5-15(19(20)21)13-9-17-7-6-12(13)14/h1-9,18H. The SMILES string of the molecule is O=[N+]([O-])c1ccc(NS(=O)(=O)c2cccc(Cl)c2)c2ccncc12. The molecule has 9 heteroatoms. The Balaban J connectivity index is 2.11. The number of non-ortho nitro benzene ring substituents is 1. The van der Waals surface area contributed by atoms with E-state index in [1.807, 2.05) is 0 Å². The van der Waals surface area contributed by atoms with E-state index in [1.165, 1.54) is 48.8 Å². The van der Waals surface area contributed by atoms with E-state index >= 15 is 0 Å². The van der Waals surface area contributed by atoms with Crippen LogP contribution in [0.25, 0.3) is 10.8 Å². The molecule has 0 atom stereocenters. The summed E-state index contributed by atoms with van der Waals surface area (Å²) in [5, 5.41) is 12.0. The maximum absolute atomic E-state index is 12.5. The highest BCUT2D eigenvalue weighted by molar-refractivity contribution is 7.92. The number of halogens is 1.